The second kappa shape index (κ2) is 5.74. The third-order valence-corrected chi connectivity index (χ3v) is 4.95. The molecule has 88 valence electrons. The number of hydrogen-bond donors (Lipinski definition) is 1. The molecule has 1 aliphatic carbocycles. The van der Waals surface area contributed by atoms with E-state index in [1.165, 1.54) is 30.6 Å². The van der Waals surface area contributed by atoms with E-state index in [4.69, 9.17) is 5.73 Å². The summed E-state index contributed by atoms with van der Waals surface area (Å²) >= 11 is 1.97. The first kappa shape index (κ1) is 12.0. The average molecular weight is 235 g/mol. The van der Waals surface area contributed by atoms with Gasteiger partial charge in [0.05, 0.1) is 0 Å². The van der Waals surface area contributed by atoms with Crippen molar-refractivity contribution in [3.63, 3.8) is 0 Å². The maximum atomic E-state index is 6.22. The van der Waals surface area contributed by atoms with Crippen molar-refractivity contribution >= 4 is 11.8 Å². The van der Waals surface area contributed by atoms with Crippen molar-refractivity contribution in [1.82, 2.24) is 0 Å². The van der Waals surface area contributed by atoms with E-state index in [0.29, 0.717) is 11.3 Å². The largest absolute Gasteiger partial charge is 0.327 e. The molecule has 1 fully saturated rings. The van der Waals surface area contributed by atoms with Crippen molar-refractivity contribution in [1.29, 1.82) is 0 Å². The Bertz CT molecular complexity index is 312. The molecule has 0 bridgehead atoms. The van der Waals surface area contributed by atoms with Crippen molar-refractivity contribution in [2.24, 2.45) is 11.7 Å². The highest BCUT2D eigenvalue weighted by Crippen LogP contribution is 2.36. The van der Waals surface area contributed by atoms with Gasteiger partial charge in [0.25, 0.3) is 0 Å². The van der Waals surface area contributed by atoms with Crippen LogP contribution in [0.5, 0.6) is 0 Å². The molecular formula is C14H21NS. The summed E-state index contributed by atoms with van der Waals surface area (Å²) in [5, 5.41) is 0.612. The number of hydrogen-bond acceptors (Lipinski definition) is 2. The standard InChI is InChI=1S/C14H21NS/c1-2-11-8-9-13(15)14(10-11)16-12-6-4-3-5-7-12/h3-7,11,13-14H,2,8-10,15H2,1H3. The molecule has 0 spiro atoms. The van der Waals surface area contributed by atoms with Crippen LogP contribution in [-0.2, 0) is 0 Å². The van der Waals surface area contributed by atoms with Gasteiger partial charge in [-0.3, -0.25) is 0 Å². The molecule has 0 heterocycles. The van der Waals surface area contributed by atoms with E-state index in [2.05, 4.69) is 37.3 Å². The zero-order valence-corrected chi connectivity index (χ0v) is 10.7. The fourth-order valence-electron chi connectivity index (χ4n) is 2.42. The molecule has 1 nitrogen and oxygen atoms in total. The maximum Gasteiger partial charge on any atom is 0.0248 e. The normalized spacial score (nSPS) is 30.2. The van der Waals surface area contributed by atoms with Gasteiger partial charge in [-0.2, -0.15) is 0 Å². The summed E-state index contributed by atoms with van der Waals surface area (Å²) in [6.45, 7) is 2.30. The van der Waals surface area contributed by atoms with E-state index in [-0.39, 0.29) is 0 Å². The molecule has 16 heavy (non-hydrogen) atoms. The Kier molecular flexibility index (Phi) is 4.30. The Labute approximate surface area is 103 Å². The summed E-state index contributed by atoms with van der Waals surface area (Å²) in [5.74, 6) is 0.890. The van der Waals surface area contributed by atoms with Gasteiger partial charge in [-0.1, -0.05) is 31.5 Å². The first-order chi connectivity index (χ1) is 7.79. The highest BCUT2D eigenvalue weighted by Gasteiger charge is 2.27. The molecule has 0 radical (unpaired) electrons. The van der Waals surface area contributed by atoms with Crippen LogP contribution in [0.15, 0.2) is 35.2 Å². The maximum absolute atomic E-state index is 6.22. The zero-order chi connectivity index (χ0) is 11.4. The van der Waals surface area contributed by atoms with Crippen LogP contribution in [0.2, 0.25) is 0 Å². The minimum Gasteiger partial charge on any atom is -0.327 e. The van der Waals surface area contributed by atoms with Crippen molar-refractivity contribution in [2.45, 2.75) is 48.8 Å². The molecule has 0 aliphatic heterocycles. The van der Waals surface area contributed by atoms with Crippen molar-refractivity contribution < 1.29 is 0 Å². The zero-order valence-electron chi connectivity index (χ0n) is 9.93. The monoisotopic (exact) mass is 235 g/mol. The molecule has 1 aliphatic rings. The van der Waals surface area contributed by atoms with Crippen molar-refractivity contribution in [3.8, 4) is 0 Å². The third kappa shape index (κ3) is 3.02. The summed E-state index contributed by atoms with van der Waals surface area (Å²) in [6.07, 6.45) is 5.11. The number of thioether (sulfide) groups is 1. The topological polar surface area (TPSA) is 26.0 Å². The summed E-state index contributed by atoms with van der Waals surface area (Å²) in [6, 6.07) is 11.0. The molecule has 0 amide bonds. The van der Waals surface area contributed by atoms with E-state index in [1.54, 1.807) is 0 Å². The van der Waals surface area contributed by atoms with Crippen LogP contribution in [0.3, 0.4) is 0 Å². The summed E-state index contributed by atoms with van der Waals surface area (Å²) < 4.78 is 0. The molecule has 2 rings (SSSR count). The molecular weight excluding hydrogens is 214 g/mol. The third-order valence-electron chi connectivity index (χ3n) is 3.56. The molecule has 1 saturated carbocycles. The van der Waals surface area contributed by atoms with Gasteiger partial charge in [-0.05, 0) is 37.3 Å². The Morgan fingerprint density at radius 3 is 2.69 bits per heavy atom. The van der Waals surface area contributed by atoms with Gasteiger partial charge in [-0.25, -0.2) is 0 Å². The summed E-state index contributed by atoms with van der Waals surface area (Å²) in [4.78, 5) is 1.36. The van der Waals surface area contributed by atoms with Gasteiger partial charge in [0.1, 0.15) is 0 Å². The number of rotatable bonds is 3. The summed E-state index contributed by atoms with van der Waals surface area (Å²) in [7, 11) is 0. The van der Waals surface area contributed by atoms with Crippen LogP contribution in [0.4, 0.5) is 0 Å². The summed E-state index contributed by atoms with van der Waals surface area (Å²) in [5.41, 5.74) is 6.22. The molecule has 0 saturated heterocycles. The Balaban J connectivity index is 1.97. The highest BCUT2D eigenvalue weighted by molar-refractivity contribution is 8.00. The predicted octanol–water partition coefficient (Wildman–Crippen LogP) is 3.68. The van der Waals surface area contributed by atoms with Gasteiger partial charge in [0.15, 0.2) is 0 Å². The van der Waals surface area contributed by atoms with Crippen LogP contribution in [-0.4, -0.2) is 11.3 Å². The quantitative estimate of drug-likeness (QED) is 0.865. The molecule has 0 aromatic heterocycles. The van der Waals surface area contributed by atoms with Gasteiger partial charge < -0.3 is 5.73 Å². The van der Waals surface area contributed by atoms with E-state index >= 15 is 0 Å². The fraction of sp³-hybridized carbons (Fsp3) is 0.571. The van der Waals surface area contributed by atoms with Gasteiger partial charge in [-0.15, -0.1) is 11.8 Å². The molecule has 1 aromatic carbocycles. The first-order valence-electron chi connectivity index (χ1n) is 6.27. The Morgan fingerprint density at radius 2 is 2.00 bits per heavy atom. The van der Waals surface area contributed by atoms with Gasteiger partial charge >= 0.3 is 0 Å². The molecule has 3 unspecified atom stereocenters. The van der Waals surface area contributed by atoms with Crippen molar-refractivity contribution in [3.05, 3.63) is 30.3 Å². The minimum absolute atomic E-state index is 0.382. The van der Waals surface area contributed by atoms with E-state index in [0.717, 1.165) is 5.92 Å². The molecule has 1 aromatic rings. The average Bonchev–Trinajstić information content (AvgIpc) is 2.33. The smallest absolute Gasteiger partial charge is 0.0248 e. The van der Waals surface area contributed by atoms with Crippen LogP contribution < -0.4 is 5.73 Å². The first-order valence-corrected chi connectivity index (χ1v) is 7.15. The fourth-order valence-corrected chi connectivity index (χ4v) is 3.76. The molecule has 2 heteroatoms. The lowest BCUT2D eigenvalue weighted by Crippen LogP contribution is -2.38. The Morgan fingerprint density at radius 1 is 1.25 bits per heavy atom. The van der Waals surface area contributed by atoms with Crippen molar-refractivity contribution in [2.75, 3.05) is 0 Å². The molecule has 2 N–H and O–H groups in total. The highest BCUT2D eigenvalue weighted by atomic mass is 32.2. The Hall–Kier alpha value is -0.470. The lowest BCUT2D eigenvalue weighted by Gasteiger charge is -2.33. The minimum atomic E-state index is 0.382. The van der Waals surface area contributed by atoms with Gasteiger partial charge in [0, 0.05) is 16.2 Å². The lowest BCUT2D eigenvalue weighted by atomic mass is 9.84. The lowest BCUT2D eigenvalue weighted by molar-refractivity contribution is 0.327. The number of benzene rings is 1. The van der Waals surface area contributed by atoms with Crippen LogP contribution in [0, 0.1) is 5.92 Å². The second-order valence-electron chi connectivity index (χ2n) is 4.72. The van der Waals surface area contributed by atoms with E-state index < -0.39 is 0 Å². The van der Waals surface area contributed by atoms with E-state index in [9.17, 15) is 0 Å². The van der Waals surface area contributed by atoms with E-state index in [1.807, 2.05) is 11.8 Å². The SMILES string of the molecule is CCC1CCC(N)C(Sc2ccccc2)C1. The second-order valence-corrected chi connectivity index (χ2v) is 6.03. The van der Waals surface area contributed by atoms with Crippen LogP contribution >= 0.6 is 11.8 Å². The van der Waals surface area contributed by atoms with Crippen LogP contribution in [0.25, 0.3) is 0 Å². The van der Waals surface area contributed by atoms with Crippen LogP contribution in [0.1, 0.15) is 32.6 Å². The number of nitrogens with two attached hydrogens (primary N) is 1. The molecule has 3 atom stereocenters. The van der Waals surface area contributed by atoms with Gasteiger partial charge in [0.2, 0.25) is 0 Å². The predicted molar refractivity (Wildman–Crippen MR) is 71.7 cm³/mol.